The number of rotatable bonds is 2. The van der Waals surface area contributed by atoms with Crippen molar-refractivity contribution < 1.29 is 46.1 Å². The first kappa shape index (κ1) is 21.4. The summed E-state index contributed by atoms with van der Waals surface area (Å²) in [6.07, 6.45) is 9.22. The first-order valence-electron chi connectivity index (χ1n) is 9.41. The summed E-state index contributed by atoms with van der Waals surface area (Å²) in [5, 5.41) is 2.98. The Kier molecular flexibility index (Phi) is 6.60. The van der Waals surface area contributed by atoms with E-state index < -0.39 is 21.3 Å². The predicted octanol–water partition coefficient (Wildman–Crippen LogP) is -0.281. The summed E-state index contributed by atoms with van der Waals surface area (Å²) in [6, 6.07) is 20.6. The molecule has 0 N–H and O–H groups in total. The molecule has 3 aromatic carbocycles. The Morgan fingerprint density at radius 3 is 2.43 bits per heavy atom. The average molecular weight is 485 g/mol. The molecule has 0 heterocycles. The summed E-state index contributed by atoms with van der Waals surface area (Å²) < 4.78 is 5.06. The van der Waals surface area contributed by atoms with Crippen LogP contribution in [-0.4, -0.2) is 3.21 Å². The quantitative estimate of drug-likeness (QED) is 0.367. The number of halogens is 2. The molecule has 2 aliphatic rings. The van der Waals surface area contributed by atoms with Crippen LogP contribution in [0.15, 0.2) is 76.1 Å². The largest absolute Gasteiger partial charge is 1.00 e. The molecule has 0 unspecified atom stereocenters. The molecular formula is C25H22Cl2Zr. The fraction of sp³-hybridized carbons (Fsp3) is 0.160. The van der Waals surface area contributed by atoms with Gasteiger partial charge in [-0.1, -0.05) is 0 Å². The first-order valence-corrected chi connectivity index (χ1v) is 13.1. The maximum Gasteiger partial charge on any atom is -1.00 e. The Morgan fingerprint density at radius 2 is 1.68 bits per heavy atom. The molecule has 5 rings (SSSR count). The van der Waals surface area contributed by atoms with Crippen molar-refractivity contribution in [2.24, 2.45) is 0 Å². The molecule has 0 aliphatic heterocycles. The second-order valence-corrected chi connectivity index (χ2v) is 14.7. The molecule has 0 nitrogen and oxygen atoms in total. The van der Waals surface area contributed by atoms with Crippen LogP contribution in [0.4, 0.5) is 0 Å². The van der Waals surface area contributed by atoms with Gasteiger partial charge in [0.05, 0.1) is 0 Å². The van der Waals surface area contributed by atoms with Gasteiger partial charge in [-0.3, -0.25) is 0 Å². The minimum atomic E-state index is -1.99. The Morgan fingerprint density at radius 1 is 0.857 bits per heavy atom. The SMILES string of the molecule is C[C](C)=[Zr+2]([C]1=CC=CC1)[c]1cccc2ccc3c(c12)Cc1ccccc1-3.[Cl-].[Cl-]. The molecule has 0 saturated carbocycles. The van der Waals surface area contributed by atoms with E-state index in [0.717, 1.165) is 12.8 Å². The third kappa shape index (κ3) is 3.43. The summed E-state index contributed by atoms with van der Waals surface area (Å²) in [5.74, 6) is 0. The van der Waals surface area contributed by atoms with E-state index in [-0.39, 0.29) is 24.8 Å². The van der Waals surface area contributed by atoms with E-state index in [0.29, 0.717) is 0 Å². The van der Waals surface area contributed by atoms with Gasteiger partial charge in [0.25, 0.3) is 0 Å². The Balaban J connectivity index is 0.00000112. The van der Waals surface area contributed by atoms with Gasteiger partial charge >= 0.3 is 164 Å². The molecule has 0 atom stereocenters. The van der Waals surface area contributed by atoms with Crippen molar-refractivity contribution in [2.75, 3.05) is 0 Å². The third-order valence-electron chi connectivity index (χ3n) is 5.69. The van der Waals surface area contributed by atoms with Crippen molar-refractivity contribution in [1.29, 1.82) is 0 Å². The minimum absolute atomic E-state index is 0. The normalized spacial score (nSPS) is 13.0. The molecule has 0 spiro atoms. The molecule has 3 aromatic rings. The predicted molar refractivity (Wildman–Crippen MR) is 110 cm³/mol. The molecule has 28 heavy (non-hydrogen) atoms. The van der Waals surface area contributed by atoms with Gasteiger partial charge < -0.3 is 24.8 Å². The van der Waals surface area contributed by atoms with E-state index in [4.69, 9.17) is 0 Å². The van der Waals surface area contributed by atoms with Crippen LogP contribution in [0.3, 0.4) is 0 Å². The molecule has 2 aliphatic carbocycles. The van der Waals surface area contributed by atoms with Crippen LogP contribution >= 0.6 is 0 Å². The van der Waals surface area contributed by atoms with Crippen molar-refractivity contribution in [3.8, 4) is 11.1 Å². The van der Waals surface area contributed by atoms with Crippen molar-refractivity contribution in [2.45, 2.75) is 26.7 Å². The van der Waals surface area contributed by atoms with Crippen LogP contribution in [0, 0.1) is 0 Å². The summed E-state index contributed by atoms with van der Waals surface area (Å²) >= 11 is -1.99. The van der Waals surface area contributed by atoms with Gasteiger partial charge in [-0.2, -0.15) is 0 Å². The van der Waals surface area contributed by atoms with Crippen molar-refractivity contribution in [3.05, 3.63) is 87.2 Å². The summed E-state index contributed by atoms with van der Waals surface area (Å²) in [5.41, 5.74) is 5.93. The van der Waals surface area contributed by atoms with Gasteiger partial charge in [-0.15, -0.1) is 0 Å². The number of benzene rings is 3. The fourth-order valence-corrected chi connectivity index (χ4v) is 11.8. The molecule has 0 bridgehead atoms. The maximum atomic E-state index is 2.44. The van der Waals surface area contributed by atoms with E-state index in [1.54, 1.807) is 20.7 Å². The Labute approximate surface area is 187 Å². The molecule has 0 amide bonds. The first-order chi connectivity index (χ1) is 12.7. The van der Waals surface area contributed by atoms with Crippen molar-refractivity contribution in [3.63, 3.8) is 0 Å². The van der Waals surface area contributed by atoms with Crippen LogP contribution in [0.25, 0.3) is 21.9 Å². The Hall–Kier alpha value is -1.27. The number of fused-ring (bicyclic) bond motifs is 5. The smallest absolute Gasteiger partial charge is 1.00 e. The van der Waals surface area contributed by atoms with Crippen LogP contribution in [-0.2, 0) is 27.7 Å². The monoisotopic (exact) mass is 482 g/mol. The van der Waals surface area contributed by atoms with E-state index in [2.05, 4.69) is 86.7 Å². The molecule has 0 fully saturated rings. The van der Waals surface area contributed by atoms with Crippen molar-refractivity contribution in [1.82, 2.24) is 0 Å². The molecule has 0 aromatic heterocycles. The van der Waals surface area contributed by atoms with E-state index in [9.17, 15) is 0 Å². The van der Waals surface area contributed by atoms with Gasteiger partial charge in [0.2, 0.25) is 0 Å². The average Bonchev–Trinajstić information content (AvgIpc) is 3.29. The van der Waals surface area contributed by atoms with Crippen molar-refractivity contribution >= 4 is 17.2 Å². The van der Waals surface area contributed by atoms with E-state index in [1.165, 1.54) is 22.1 Å². The number of hydrogen-bond acceptors (Lipinski definition) is 0. The van der Waals surface area contributed by atoms with Gasteiger partial charge in [0.15, 0.2) is 0 Å². The summed E-state index contributed by atoms with van der Waals surface area (Å²) in [7, 11) is 0. The second kappa shape index (κ2) is 8.62. The molecule has 140 valence electrons. The minimum Gasteiger partial charge on any atom is -1.00 e. The maximum absolute atomic E-state index is 2.44. The van der Waals surface area contributed by atoms with Gasteiger partial charge in [-0.25, -0.2) is 0 Å². The van der Waals surface area contributed by atoms with Crippen LogP contribution < -0.4 is 28.1 Å². The van der Waals surface area contributed by atoms with E-state index >= 15 is 0 Å². The van der Waals surface area contributed by atoms with Crippen LogP contribution in [0.5, 0.6) is 0 Å². The zero-order chi connectivity index (χ0) is 17.7. The van der Waals surface area contributed by atoms with Gasteiger partial charge in [0.1, 0.15) is 0 Å². The van der Waals surface area contributed by atoms with Gasteiger partial charge in [-0.05, 0) is 0 Å². The van der Waals surface area contributed by atoms with Crippen LogP contribution in [0.1, 0.15) is 31.4 Å². The van der Waals surface area contributed by atoms with Crippen LogP contribution in [0.2, 0.25) is 0 Å². The zero-order valence-corrected chi connectivity index (χ0v) is 20.1. The molecule has 0 radical (unpaired) electrons. The molecular weight excluding hydrogens is 462 g/mol. The van der Waals surface area contributed by atoms with Gasteiger partial charge in [0, 0.05) is 0 Å². The molecule has 3 heteroatoms. The molecule has 0 saturated heterocycles. The summed E-state index contributed by atoms with van der Waals surface area (Å²) in [6.45, 7) is 4.73. The zero-order valence-electron chi connectivity index (χ0n) is 16.1. The second-order valence-electron chi connectivity index (χ2n) is 7.53. The number of allylic oxidation sites excluding steroid dienone is 4. The standard InChI is InChI=1S/C17H11.C5H5.C3H6.2ClH.Zr/c1-3-7-14-12(5-1)9-10-16-15-8-4-2-6-13(15)11-17(14)16;1-2-4-5-3-1;1-3-2;;;/h1-6,8-10H,11H2;1-3H,4H2;1-2H3;2*1H;/q;;;;;+2/p-2. The topological polar surface area (TPSA) is 0 Å². The third-order valence-corrected chi connectivity index (χ3v) is 13.0. The fourth-order valence-electron chi connectivity index (χ4n) is 4.62. The Bertz CT molecular complexity index is 1150. The van der Waals surface area contributed by atoms with E-state index in [1.807, 2.05) is 0 Å². The number of hydrogen-bond donors (Lipinski definition) is 0. The summed E-state index contributed by atoms with van der Waals surface area (Å²) in [4.78, 5) is 0.